The number of methoxy groups -OCH3 is 1. The number of likely N-dealkylation sites (N-methyl/N-ethyl adjacent to an activating group) is 1. The van der Waals surface area contributed by atoms with Gasteiger partial charge in [0.2, 0.25) is 0 Å². The molecule has 0 spiro atoms. The monoisotopic (exact) mass is 337 g/mol. The van der Waals surface area contributed by atoms with Crippen molar-refractivity contribution in [3.63, 3.8) is 0 Å². The molecule has 1 aromatic heterocycles. The first-order valence-corrected chi connectivity index (χ1v) is 8.44. The van der Waals surface area contributed by atoms with Crippen molar-refractivity contribution >= 4 is 16.9 Å². The third kappa shape index (κ3) is 4.28. The maximum Gasteiger partial charge on any atom is 0.337 e. The van der Waals surface area contributed by atoms with Crippen molar-refractivity contribution in [2.45, 2.75) is 13.0 Å². The fraction of sp³-hybridized carbons (Fsp3) is 0.286. The van der Waals surface area contributed by atoms with E-state index in [9.17, 15) is 4.79 Å². The molecular formula is C21H23NO3. The lowest BCUT2D eigenvalue weighted by Gasteiger charge is -2.15. The zero-order valence-corrected chi connectivity index (χ0v) is 14.6. The summed E-state index contributed by atoms with van der Waals surface area (Å²) in [6.07, 6.45) is 12.8. The van der Waals surface area contributed by atoms with Crippen molar-refractivity contribution < 1.29 is 13.9 Å². The van der Waals surface area contributed by atoms with Gasteiger partial charge < -0.3 is 9.15 Å². The lowest BCUT2D eigenvalue weighted by atomic mass is 9.96. The van der Waals surface area contributed by atoms with E-state index in [0.29, 0.717) is 11.5 Å². The van der Waals surface area contributed by atoms with Crippen LogP contribution < -0.4 is 0 Å². The van der Waals surface area contributed by atoms with Crippen molar-refractivity contribution in [3.05, 3.63) is 72.0 Å². The highest BCUT2D eigenvalue weighted by Gasteiger charge is 2.12. The molecule has 0 amide bonds. The second kappa shape index (κ2) is 7.99. The molecule has 0 saturated carbocycles. The molecular weight excluding hydrogens is 314 g/mol. The highest BCUT2D eigenvalue weighted by molar-refractivity contribution is 5.91. The summed E-state index contributed by atoms with van der Waals surface area (Å²) in [6, 6.07) is 8.10. The molecule has 0 aliphatic heterocycles. The zero-order valence-electron chi connectivity index (χ0n) is 14.6. The summed E-state index contributed by atoms with van der Waals surface area (Å²) in [7, 11) is 3.50. The molecule has 0 N–H and O–H groups in total. The van der Waals surface area contributed by atoms with E-state index in [-0.39, 0.29) is 5.97 Å². The van der Waals surface area contributed by atoms with Crippen molar-refractivity contribution in [1.29, 1.82) is 0 Å². The molecule has 1 heterocycles. The Hall–Kier alpha value is -2.59. The molecule has 1 unspecified atom stereocenters. The van der Waals surface area contributed by atoms with Crippen LogP contribution in [0.25, 0.3) is 11.0 Å². The number of carbonyl (C=O) groups excluding carboxylic acids is 1. The molecule has 0 fully saturated rings. The van der Waals surface area contributed by atoms with Gasteiger partial charge in [-0.15, -0.1) is 0 Å². The first kappa shape index (κ1) is 17.2. The van der Waals surface area contributed by atoms with Gasteiger partial charge in [-0.3, -0.25) is 4.90 Å². The number of hydrogen-bond donors (Lipinski definition) is 0. The van der Waals surface area contributed by atoms with Crippen LogP contribution in [-0.4, -0.2) is 31.6 Å². The van der Waals surface area contributed by atoms with E-state index in [4.69, 9.17) is 9.15 Å². The smallest absolute Gasteiger partial charge is 0.337 e. The topological polar surface area (TPSA) is 42.7 Å². The van der Waals surface area contributed by atoms with Crippen LogP contribution in [0.3, 0.4) is 0 Å². The molecule has 0 bridgehead atoms. The Morgan fingerprint density at radius 2 is 2.24 bits per heavy atom. The van der Waals surface area contributed by atoms with E-state index in [2.05, 4.69) is 30.2 Å². The number of hydrogen-bond acceptors (Lipinski definition) is 4. The van der Waals surface area contributed by atoms with Crippen LogP contribution in [0.1, 0.15) is 12.0 Å². The molecule has 25 heavy (non-hydrogen) atoms. The third-order valence-electron chi connectivity index (χ3n) is 4.36. The average Bonchev–Trinajstić information content (AvgIpc) is 3.04. The zero-order chi connectivity index (χ0) is 17.6. The second-order valence-corrected chi connectivity index (χ2v) is 6.29. The summed E-state index contributed by atoms with van der Waals surface area (Å²) in [6.45, 7) is 1.70. The Labute approximate surface area is 148 Å². The SMILES string of the molecule is COC(=O)C1=CCC(/C=C/CN(C)Cc2coc3ccccc23)C=C1. The Balaban J connectivity index is 1.50. The molecule has 1 aliphatic rings. The number of fused-ring (bicyclic) bond motifs is 1. The number of ether oxygens (including phenoxy) is 1. The van der Waals surface area contributed by atoms with Gasteiger partial charge in [-0.1, -0.05) is 48.6 Å². The summed E-state index contributed by atoms with van der Waals surface area (Å²) in [5.41, 5.74) is 2.77. The normalized spacial score (nSPS) is 17.4. The molecule has 4 nitrogen and oxygen atoms in total. The standard InChI is InChI=1S/C21H23NO3/c1-22(14-18-15-25-20-8-4-3-7-19(18)20)13-5-6-16-9-11-17(12-10-16)21(23)24-2/h3-9,11-12,15-16H,10,13-14H2,1-2H3/b6-5+. The average molecular weight is 337 g/mol. The maximum absolute atomic E-state index is 11.4. The fourth-order valence-corrected chi connectivity index (χ4v) is 2.98. The number of nitrogens with zero attached hydrogens (tertiary/aromatic N) is 1. The number of carbonyl (C=O) groups is 1. The molecule has 3 rings (SSSR count). The number of para-hydroxylation sites is 1. The van der Waals surface area contributed by atoms with Crippen molar-refractivity contribution in [1.82, 2.24) is 4.90 Å². The Morgan fingerprint density at radius 1 is 1.40 bits per heavy atom. The quantitative estimate of drug-likeness (QED) is 0.588. The van der Waals surface area contributed by atoms with Crippen LogP contribution in [0.4, 0.5) is 0 Å². The summed E-state index contributed by atoms with van der Waals surface area (Å²) in [5, 5.41) is 1.18. The molecule has 130 valence electrons. The number of allylic oxidation sites excluding steroid dienone is 3. The number of furan rings is 1. The van der Waals surface area contributed by atoms with Gasteiger partial charge in [0.1, 0.15) is 5.58 Å². The first-order chi connectivity index (χ1) is 12.2. The molecule has 1 aromatic carbocycles. The van der Waals surface area contributed by atoms with E-state index >= 15 is 0 Å². The minimum Gasteiger partial charge on any atom is -0.465 e. The predicted molar refractivity (Wildman–Crippen MR) is 99.0 cm³/mol. The fourth-order valence-electron chi connectivity index (χ4n) is 2.98. The summed E-state index contributed by atoms with van der Waals surface area (Å²) in [5.74, 6) is 0.0577. The Morgan fingerprint density at radius 3 is 3.00 bits per heavy atom. The van der Waals surface area contributed by atoms with Gasteiger partial charge in [-0.05, 0) is 25.5 Å². The Kier molecular flexibility index (Phi) is 5.51. The van der Waals surface area contributed by atoms with Gasteiger partial charge in [0.05, 0.1) is 18.9 Å². The highest BCUT2D eigenvalue weighted by atomic mass is 16.5. The molecule has 0 radical (unpaired) electrons. The Bertz CT molecular complexity index is 829. The van der Waals surface area contributed by atoms with Gasteiger partial charge in [0.25, 0.3) is 0 Å². The van der Waals surface area contributed by atoms with E-state index in [0.717, 1.165) is 25.1 Å². The third-order valence-corrected chi connectivity index (χ3v) is 4.36. The van der Waals surface area contributed by atoms with E-state index in [1.54, 1.807) is 0 Å². The largest absolute Gasteiger partial charge is 0.465 e. The molecule has 4 heteroatoms. The second-order valence-electron chi connectivity index (χ2n) is 6.29. The van der Waals surface area contributed by atoms with Crippen LogP contribution in [0, 0.1) is 5.92 Å². The van der Waals surface area contributed by atoms with Crippen molar-refractivity contribution in [3.8, 4) is 0 Å². The van der Waals surface area contributed by atoms with E-state index in [1.807, 2.05) is 42.7 Å². The van der Waals surface area contributed by atoms with Crippen LogP contribution in [-0.2, 0) is 16.1 Å². The summed E-state index contributed by atoms with van der Waals surface area (Å²) in [4.78, 5) is 13.7. The lowest BCUT2D eigenvalue weighted by Crippen LogP contribution is -2.17. The lowest BCUT2D eigenvalue weighted by molar-refractivity contribution is -0.135. The van der Waals surface area contributed by atoms with Crippen LogP contribution in [0.2, 0.25) is 0 Å². The molecule has 2 aromatic rings. The van der Waals surface area contributed by atoms with E-state index in [1.165, 1.54) is 18.1 Å². The minimum absolute atomic E-state index is 0.272. The number of benzene rings is 1. The number of esters is 1. The van der Waals surface area contributed by atoms with Crippen molar-refractivity contribution in [2.75, 3.05) is 20.7 Å². The van der Waals surface area contributed by atoms with E-state index < -0.39 is 0 Å². The maximum atomic E-state index is 11.4. The van der Waals surface area contributed by atoms with Gasteiger partial charge >= 0.3 is 5.97 Å². The first-order valence-electron chi connectivity index (χ1n) is 8.44. The summed E-state index contributed by atoms with van der Waals surface area (Å²) < 4.78 is 10.3. The van der Waals surface area contributed by atoms with Gasteiger partial charge in [0, 0.05) is 24.0 Å². The van der Waals surface area contributed by atoms with Gasteiger partial charge in [-0.2, -0.15) is 0 Å². The van der Waals surface area contributed by atoms with Crippen LogP contribution in [0.5, 0.6) is 0 Å². The number of rotatable bonds is 6. The van der Waals surface area contributed by atoms with Crippen LogP contribution in [0.15, 0.2) is 70.9 Å². The van der Waals surface area contributed by atoms with Crippen molar-refractivity contribution in [2.24, 2.45) is 5.92 Å². The molecule has 1 atom stereocenters. The minimum atomic E-state index is -0.272. The van der Waals surface area contributed by atoms with Gasteiger partial charge in [-0.25, -0.2) is 4.79 Å². The molecule has 1 aliphatic carbocycles. The summed E-state index contributed by atoms with van der Waals surface area (Å²) >= 11 is 0. The molecule has 0 saturated heterocycles. The van der Waals surface area contributed by atoms with Crippen LogP contribution >= 0.6 is 0 Å². The van der Waals surface area contributed by atoms with Gasteiger partial charge in [0.15, 0.2) is 0 Å². The highest BCUT2D eigenvalue weighted by Crippen LogP contribution is 2.22. The predicted octanol–water partition coefficient (Wildman–Crippen LogP) is 4.10.